The molecule has 3 rings (SSSR count). The van der Waals surface area contributed by atoms with Crippen molar-refractivity contribution in [2.24, 2.45) is 5.41 Å². The molecule has 32 heavy (non-hydrogen) atoms. The van der Waals surface area contributed by atoms with E-state index in [0.717, 1.165) is 18.7 Å². The molecule has 2 aliphatic heterocycles. The van der Waals surface area contributed by atoms with Crippen LogP contribution in [-0.2, 0) is 20.7 Å². The second-order valence-corrected chi connectivity index (χ2v) is 10.2. The zero-order valence-corrected chi connectivity index (χ0v) is 20.9. The summed E-state index contributed by atoms with van der Waals surface area (Å²) in [5, 5.41) is 2.47. The number of esters is 1. The minimum absolute atomic E-state index is 0.0321. The second kappa shape index (κ2) is 9.13. The zero-order valence-electron chi connectivity index (χ0n) is 20.9. The number of hydrogen-bond donors (Lipinski definition) is 0. The Kier molecular flexibility index (Phi) is 6.87. The van der Waals surface area contributed by atoms with E-state index in [1.807, 2.05) is 0 Å². The number of aryl methyl sites for hydroxylation is 1. The molecule has 1 aromatic rings. The van der Waals surface area contributed by atoms with Crippen molar-refractivity contribution in [2.75, 3.05) is 20.2 Å². The Morgan fingerprint density at radius 1 is 1.19 bits per heavy atom. The fourth-order valence-corrected chi connectivity index (χ4v) is 5.13. The first kappa shape index (κ1) is 24.1. The minimum atomic E-state index is -0.518. The van der Waals surface area contributed by atoms with Crippen molar-refractivity contribution in [2.45, 2.75) is 73.4 Å². The number of hydrogen-bond acceptors (Lipinski definition) is 5. The Morgan fingerprint density at radius 3 is 2.44 bits per heavy atom. The average molecular weight is 439 g/mol. The van der Waals surface area contributed by atoms with Gasteiger partial charge >= 0.3 is 5.97 Å². The summed E-state index contributed by atoms with van der Waals surface area (Å²) in [6, 6.07) is 6.53. The lowest BCUT2D eigenvalue weighted by atomic mass is 9.80. The van der Waals surface area contributed by atoms with Crippen LogP contribution in [0.4, 0.5) is 0 Å². The molecule has 0 spiro atoms. The van der Waals surface area contributed by atoms with Gasteiger partial charge in [-0.25, -0.2) is 4.79 Å². The van der Waals surface area contributed by atoms with E-state index in [2.05, 4.69) is 76.6 Å². The highest BCUT2D eigenvalue weighted by Crippen LogP contribution is 2.38. The molecule has 1 aromatic carbocycles. The number of carbonyl (C=O) groups is 2. The van der Waals surface area contributed by atoms with Crippen molar-refractivity contribution in [3.63, 3.8) is 0 Å². The Balaban J connectivity index is 2.32. The van der Waals surface area contributed by atoms with Crippen molar-refractivity contribution in [1.82, 2.24) is 9.80 Å². The minimum Gasteiger partial charge on any atom is -0.462 e. The number of carbonyl (C=O) groups excluding carboxylic acids is 2. The molecule has 1 saturated heterocycles. The summed E-state index contributed by atoms with van der Waals surface area (Å²) in [5.74, 6) is -0.661. The van der Waals surface area contributed by atoms with Crippen LogP contribution in [-0.4, -0.2) is 53.8 Å². The van der Waals surface area contributed by atoms with Gasteiger partial charge in [0.2, 0.25) is 0 Å². The fraction of sp³-hybridized carbons (Fsp3) is 0.556. The van der Waals surface area contributed by atoms with E-state index in [-0.39, 0.29) is 41.9 Å². The number of likely N-dealkylation sites (N-methyl/N-ethyl adjacent to an activating group) is 1. The van der Waals surface area contributed by atoms with Gasteiger partial charge in [-0.1, -0.05) is 51.5 Å². The highest BCUT2D eigenvalue weighted by Gasteiger charge is 2.45. The lowest BCUT2D eigenvalue weighted by Gasteiger charge is -2.53. The molecule has 2 heterocycles. The topological polar surface area (TPSA) is 49.9 Å². The van der Waals surface area contributed by atoms with Gasteiger partial charge in [0.15, 0.2) is 5.78 Å². The number of ether oxygens (including phenoxy) is 1. The number of Topliss-reactive ketones (excluding diaryl/α,β-unsaturated/α-hetero) is 1. The van der Waals surface area contributed by atoms with E-state index in [9.17, 15) is 9.59 Å². The number of nitrogens with zero attached hydrogens (tertiary/aromatic N) is 2. The first-order chi connectivity index (χ1) is 15.0. The Morgan fingerprint density at radius 2 is 1.88 bits per heavy atom. The average Bonchev–Trinajstić information content (AvgIpc) is 2.71. The summed E-state index contributed by atoms with van der Waals surface area (Å²) in [5.41, 5.74) is 3.88. The van der Waals surface area contributed by atoms with Crippen molar-refractivity contribution in [1.29, 1.82) is 0 Å². The predicted octanol–water partition coefficient (Wildman–Crippen LogP) is 3.00. The molecule has 5 nitrogen and oxygen atoms in total. The molecule has 174 valence electrons. The standard InChI is InChI=1S/C27H38N2O3/c1-9-18-12-11-13-19(24(18)17(3)4)25-21-14-22(30)20(26(31)32-10-2)15-29(21)23(16-28(25)8)27(5,6)7/h11-13,15,21,23H,9-10,14,16H2,1-8H3/b25-19-. The smallest absolute Gasteiger partial charge is 0.343 e. The van der Waals surface area contributed by atoms with Gasteiger partial charge in [0.1, 0.15) is 5.57 Å². The molecule has 0 saturated carbocycles. The summed E-state index contributed by atoms with van der Waals surface area (Å²) in [6.07, 6.45) is 3.01. The summed E-state index contributed by atoms with van der Waals surface area (Å²) in [7, 11) is 2.13. The van der Waals surface area contributed by atoms with E-state index in [0.29, 0.717) is 0 Å². The second-order valence-electron chi connectivity index (χ2n) is 10.2. The van der Waals surface area contributed by atoms with Crippen LogP contribution in [0.3, 0.4) is 0 Å². The molecule has 2 atom stereocenters. The normalized spacial score (nSPS) is 23.0. The summed E-state index contributed by atoms with van der Waals surface area (Å²) < 4.78 is 5.19. The lowest BCUT2D eigenvalue weighted by Crippen LogP contribution is -2.62. The van der Waals surface area contributed by atoms with Gasteiger partial charge in [-0.05, 0) is 43.4 Å². The van der Waals surface area contributed by atoms with Crippen LogP contribution in [0, 0.1) is 5.41 Å². The van der Waals surface area contributed by atoms with Crippen LogP contribution in [0.1, 0.15) is 60.5 Å². The third-order valence-corrected chi connectivity index (χ3v) is 6.65. The van der Waals surface area contributed by atoms with Gasteiger partial charge in [0.25, 0.3) is 0 Å². The van der Waals surface area contributed by atoms with Gasteiger partial charge in [0, 0.05) is 37.1 Å². The molecule has 0 radical (unpaired) electrons. The van der Waals surface area contributed by atoms with Crippen LogP contribution in [0.25, 0.3) is 11.3 Å². The third kappa shape index (κ3) is 4.35. The van der Waals surface area contributed by atoms with Crippen molar-refractivity contribution >= 4 is 23.0 Å². The van der Waals surface area contributed by atoms with E-state index >= 15 is 0 Å². The first-order valence-corrected chi connectivity index (χ1v) is 11.7. The summed E-state index contributed by atoms with van der Waals surface area (Å²) >= 11 is 0. The van der Waals surface area contributed by atoms with Crippen molar-refractivity contribution in [3.8, 4) is 0 Å². The summed E-state index contributed by atoms with van der Waals surface area (Å²) in [4.78, 5) is 30.2. The lowest BCUT2D eigenvalue weighted by molar-refractivity contribution is -0.140. The molecular formula is C27H38N2O3. The van der Waals surface area contributed by atoms with Crippen molar-refractivity contribution in [3.05, 3.63) is 46.0 Å². The Labute approximate surface area is 192 Å². The molecule has 0 aromatic heterocycles. The largest absolute Gasteiger partial charge is 0.462 e. The zero-order chi connectivity index (χ0) is 23.8. The molecule has 2 aliphatic rings. The monoisotopic (exact) mass is 438 g/mol. The number of rotatable bonds is 3. The van der Waals surface area contributed by atoms with Crippen LogP contribution in [0.5, 0.6) is 0 Å². The number of fused-ring (bicyclic) bond motifs is 1. The molecule has 0 aliphatic carbocycles. The van der Waals surface area contributed by atoms with Crippen LogP contribution < -0.4 is 10.4 Å². The van der Waals surface area contributed by atoms with Gasteiger partial charge in [-0.15, -0.1) is 0 Å². The van der Waals surface area contributed by atoms with Gasteiger partial charge in [-0.3, -0.25) is 4.79 Å². The van der Waals surface area contributed by atoms with Gasteiger partial charge < -0.3 is 14.5 Å². The van der Waals surface area contributed by atoms with E-state index < -0.39 is 5.97 Å². The maximum atomic E-state index is 13.1. The molecule has 1 fully saturated rings. The Hall–Kier alpha value is -2.56. The quantitative estimate of drug-likeness (QED) is 0.536. The molecular weight excluding hydrogens is 400 g/mol. The SMILES string of the molecule is CCOC(=O)C1=CN2C(CC1=O)/C(=c1\cccc(CC)c1=C(C)C)N(C)CC2C(C)(C)C. The van der Waals surface area contributed by atoms with E-state index in [1.165, 1.54) is 21.6 Å². The molecule has 0 N–H and O–H groups in total. The maximum absolute atomic E-state index is 13.1. The molecule has 2 unspecified atom stereocenters. The van der Waals surface area contributed by atoms with Crippen LogP contribution >= 0.6 is 0 Å². The molecule has 0 bridgehead atoms. The number of piperazine rings is 1. The van der Waals surface area contributed by atoms with Crippen molar-refractivity contribution < 1.29 is 14.3 Å². The molecule has 5 heteroatoms. The van der Waals surface area contributed by atoms with Gasteiger partial charge in [0.05, 0.1) is 18.7 Å². The first-order valence-electron chi connectivity index (χ1n) is 11.7. The third-order valence-electron chi connectivity index (χ3n) is 6.65. The number of ketones is 1. The highest BCUT2D eigenvalue weighted by molar-refractivity contribution is 6.18. The van der Waals surface area contributed by atoms with Crippen LogP contribution in [0.2, 0.25) is 0 Å². The predicted molar refractivity (Wildman–Crippen MR) is 129 cm³/mol. The summed E-state index contributed by atoms with van der Waals surface area (Å²) in [6.45, 7) is 16.0. The maximum Gasteiger partial charge on any atom is 0.343 e. The van der Waals surface area contributed by atoms with E-state index in [4.69, 9.17) is 4.74 Å². The fourth-order valence-electron chi connectivity index (χ4n) is 5.13. The molecule has 0 amide bonds. The van der Waals surface area contributed by atoms with Gasteiger partial charge in [-0.2, -0.15) is 0 Å². The highest BCUT2D eigenvalue weighted by atomic mass is 16.5. The Bertz CT molecular complexity index is 1060. The van der Waals surface area contributed by atoms with Crippen LogP contribution in [0.15, 0.2) is 30.0 Å². The van der Waals surface area contributed by atoms with E-state index in [1.54, 1.807) is 13.1 Å². The number of benzene rings is 1.